The number of hydrogen-bond donors (Lipinski definition) is 1. The number of aryl methyl sites for hydroxylation is 1. The normalized spacial score (nSPS) is 15.0. The molecule has 3 aromatic rings. The molecule has 1 atom stereocenters. The van der Waals surface area contributed by atoms with Crippen LogP contribution in [0.5, 0.6) is 5.88 Å². The van der Waals surface area contributed by atoms with Crippen molar-refractivity contribution >= 4 is 27.7 Å². The number of carbonyl (C=O) groups is 1. The Hall–Kier alpha value is -2.54. The monoisotopic (exact) mass is 368 g/mol. The minimum absolute atomic E-state index is 0.154. The van der Waals surface area contributed by atoms with Gasteiger partial charge in [-0.1, -0.05) is 6.07 Å². The number of aromatic nitrogens is 3. The predicted molar refractivity (Wildman–Crippen MR) is 102 cm³/mol. The number of hydrogen-bond acceptors (Lipinski definition) is 6. The van der Waals surface area contributed by atoms with Crippen LogP contribution in [0.25, 0.3) is 21.6 Å². The molecule has 0 radical (unpaired) electrons. The molecule has 0 aromatic carbocycles. The van der Waals surface area contributed by atoms with Crippen molar-refractivity contribution in [3.05, 3.63) is 35.5 Å². The number of nitrogens with zero attached hydrogens (tertiary/aromatic N) is 3. The second-order valence-corrected chi connectivity index (χ2v) is 7.47. The van der Waals surface area contributed by atoms with Gasteiger partial charge in [-0.15, -0.1) is 0 Å². The Morgan fingerprint density at radius 2 is 2.12 bits per heavy atom. The molecule has 1 saturated carbocycles. The van der Waals surface area contributed by atoms with Gasteiger partial charge in [0.1, 0.15) is 5.52 Å². The molecule has 1 fully saturated rings. The zero-order valence-electron chi connectivity index (χ0n) is 14.9. The number of carbonyl (C=O) groups excluding carboxylic acids is 1. The van der Waals surface area contributed by atoms with E-state index in [4.69, 9.17) is 9.72 Å². The van der Waals surface area contributed by atoms with Crippen molar-refractivity contribution in [1.82, 2.24) is 19.7 Å². The lowest BCUT2D eigenvalue weighted by Gasteiger charge is -2.11. The van der Waals surface area contributed by atoms with Crippen LogP contribution in [0.4, 0.5) is 0 Å². The van der Waals surface area contributed by atoms with E-state index >= 15 is 0 Å². The van der Waals surface area contributed by atoms with Gasteiger partial charge in [-0.2, -0.15) is 4.37 Å². The zero-order chi connectivity index (χ0) is 18.3. The summed E-state index contributed by atoms with van der Waals surface area (Å²) in [6.45, 7) is 4.05. The lowest BCUT2D eigenvalue weighted by Crippen LogP contribution is -2.34. The first kappa shape index (κ1) is 16.9. The Bertz CT molecular complexity index is 981. The van der Waals surface area contributed by atoms with Crippen molar-refractivity contribution < 1.29 is 9.53 Å². The smallest absolute Gasteiger partial charge is 0.273 e. The molecule has 0 spiro atoms. The second-order valence-electron chi connectivity index (χ2n) is 6.70. The van der Waals surface area contributed by atoms with E-state index in [1.807, 2.05) is 32.0 Å². The summed E-state index contributed by atoms with van der Waals surface area (Å²) in [5.74, 6) is 0.968. The van der Waals surface area contributed by atoms with Crippen LogP contribution in [0.2, 0.25) is 0 Å². The molecule has 1 aliphatic carbocycles. The summed E-state index contributed by atoms with van der Waals surface area (Å²) >= 11 is 1.31. The van der Waals surface area contributed by atoms with Crippen molar-refractivity contribution in [1.29, 1.82) is 0 Å². The number of methoxy groups -OCH3 is 1. The summed E-state index contributed by atoms with van der Waals surface area (Å²) in [7, 11) is 1.58. The molecule has 0 unspecified atom stereocenters. The highest BCUT2D eigenvalue weighted by Crippen LogP contribution is 2.33. The van der Waals surface area contributed by atoms with Gasteiger partial charge in [-0.25, -0.2) is 9.97 Å². The highest BCUT2D eigenvalue weighted by Gasteiger charge is 2.30. The molecule has 1 amide bonds. The molecule has 1 aliphatic rings. The van der Waals surface area contributed by atoms with Crippen LogP contribution in [0.3, 0.4) is 0 Å². The fraction of sp³-hybridized carbons (Fsp3) is 0.368. The maximum absolute atomic E-state index is 12.7. The highest BCUT2D eigenvalue weighted by molar-refractivity contribution is 7.13. The Balaban J connectivity index is 1.73. The zero-order valence-corrected chi connectivity index (χ0v) is 15.8. The van der Waals surface area contributed by atoms with Gasteiger partial charge >= 0.3 is 0 Å². The average Bonchev–Trinajstić information content (AvgIpc) is 3.41. The number of rotatable bonds is 5. The van der Waals surface area contributed by atoms with Gasteiger partial charge < -0.3 is 10.1 Å². The molecule has 4 rings (SSSR count). The lowest BCUT2D eigenvalue weighted by molar-refractivity contribution is 0.0933. The molecule has 1 N–H and O–H groups in total. The van der Waals surface area contributed by atoms with E-state index in [2.05, 4.69) is 14.7 Å². The third-order valence-corrected chi connectivity index (χ3v) is 5.68. The Kier molecular flexibility index (Phi) is 4.32. The standard InChI is InChI=1S/C19H20N4O2S/c1-10-9-14(13-5-4-6-15(21-13)25-3)22-16-17(23-26-18(10)16)19(24)20-11(2)12-7-8-12/h4-6,9,11-12H,7-8H2,1-3H3,(H,20,24)/t11-/m0/s1. The molecule has 0 aliphatic heterocycles. The predicted octanol–water partition coefficient (Wildman–Crippen LogP) is 3.60. The molecule has 7 heteroatoms. The third-order valence-electron chi connectivity index (χ3n) is 4.71. The van der Waals surface area contributed by atoms with Crippen LogP contribution in [0, 0.1) is 12.8 Å². The Morgan fingerprint density at radius 3 is 2.85 bits per heavy atom. The van der Waals surface area contributed by atoms with Gasteiger partial charge in [0.2, 0.25) is 5.88 Å². The highest BCUT2D eigenvalue weighted by atomic mass is 32.1. The first-order valence-electron chi connectivity index (χ1n) is 8.66. The van der Waals surface area contributed by atoms with Crippen LogP contribution in [-0.2, 0) is 0 Å². The van der Waals surface area contributed by atoms with Crippen molar-refractivity contribution in [3.8, 4) is 17.3 Å². The van der Waals surface area contributed by atoms with Gasteiger partial charge in [-0.05, 0) is 61.8 Å². The van der Waals surface area contributed by atoms with E-state index in [0.29, 0.717) is 34.4 Å². The minimum Gasteiger partial charge on any atom is -0.481 e. The van der Waals surface area contributed by atoms with E-state index in [1.54, 1.807) is 13.2 Å². The van der Waals surface area contributed by atoms with Crippen LogP contribution >= 0.6 is 11.5 Å². The summed E-state index contributed by atoms with van der Waals surface area (Å²) in [4.78, 5) is 21.8. The van der Waals surface area contributed by atoms with E-state index < -0.39 is 0 Å². The first-order chi connectivity index (χ1) is 12.6. The van der Waals surface area contributed by atoms with E-state index in [1.165, 1.54) is 24.4 Å². The topological polar surface area (TPSA) is 77.0 Å². The van der Waals surface area contributed by atoms with Gasteiger partial charge in [0.15, 0.2) is 5.69 Å². The maximum atomic E-state index is 12.7. The number of ether oxygens (including phenoxy) is 1. The van der Waals surface area contributed by atoms with Gasteiger partial charge in [0, 0.05) is 12.1 Å². The molecule has 6 nitrogen and oxygen atoms in total. The van der Waals surface area contributed by atoms with Gasteiger partial charge in [-0.3, -0.25) is 4.79 Å². The third kappa shape index (κ3) is 3.14. The van der Waals surface area contributed by atoms with Crippen LogP contribution in [-0.4, -0.2) is 33.4 Å². The molecule has 134 valence electrons. The van der Waals surface area contributed by atoms with Crippen molar-refractivity contribution in [2.75, 3.05) is 7.11 Å². The molecular formula is C19H20N4O2S. The minimum atomic E-state index is -0.154. The number of fused-ring (bicyclic) bond motifs is 1. The van der Waals surface area contributed by atoms with Gasteiger partial charge in [0.25, 0.3) is 5.91 Å². The average molecular weight is 368 g/mol. The van der Waals surface area contributed by atoms with Crippen molar-refractivity contribution in [3.63, 3.8) is 0 Å². The molecular weight excluding hydrogens is 348 g/mol. The second kappa shape index (κ2) is 6.64. The summed E-state index contributed by atoms with van der Waals surface area (Å²) < 4.78 is 10.5. The number of amides is 1. The van der Waals surface area contributed by atoms with E-state index in [-0.39, 0.29) is 11.9 Å². The summed E-state index contributed by atoms with van der Waals surface area (Å²) in [6, 6.07) is 7.68. The number of nitrogens with one attached hydrogen (secondary N) is 1. The summed E-state index contributed by atoms with van der Waals surface area (Å²) in [6.07, 6.45) is 2.37. The number of pyridine rings is 2. The fourth-order valence-electron chi connectivity index (χ4n) is 3.01. The van der Waals surface area contributed by atoms with Gasteiger partial charge in [0.05, 0.1) is 23.2 Å². The SMILES string of the molecule is COc1cccc(-c2cc(C)c3snc(C(=O)N[C@@H](C)C4CC4)c3n2)n1. The van der Waals surface area contributed by atoms with Crippen LogP contribution in [0.15, 0.2) is 24.3 Å². The molecule has 26 heavy (non-hydrogen) atoms. The first-order valence-corrected chi connectivity index (χ1v) is 9.43. The van der Waals surface area contributed by atoms with E-state index in [0.717, 1.165) is 10.3 Å². The molecule has 0 bridgehead atoms. The summed E-state index contributed by atoms with van der Waals surface area (Å²) in [5, 5.41) is 3.06. The van der Waals surface area contributed by atoms with Crippen LogP contribution < -0.4 is 10.1 Å². The Labute approximate surface area is 155 Å². The van der Waals surface area contributed by atoms with Crippen LogP contribution in [0.1, 0.15) is 35.8 Å². The fourth-order valence-corrected chi connectivity index (χ4v) is 3.80. The Morgan fingerprint density at radius 1 is 1.31 bits per heavy atom. The van der Waals surface area contributed by atoms with Crippen molar-refractivity contribution in [2.24, 2.45) is 5.92 Å². The molecule has 0 saturated heterocycles. The van der Waals surface area contributed by atoms with E-state index in [9.17, 15) is 4.79 Å². The summed E-state index contributed by atoms with van der Waals surface area (Å²) in [5.41, 5.74) is 3.47. The molecule has 3 aromatic heterocycles. The maximum Gasteiger partial charge on any atom is 0.273 e. The quantitative estimate of drug-likeness (QED) is 0.744. The lowest BCUT2D eigenvalue weighted by atomic mass is 10.1. The van der Waals surface area contributed by atoms with Crippen molar-refractivity contribution in [2.45, 2.75) is 32.7 Å². The molecule has 3 heterocycles. The largest absolute Gasteiger partial charge is 0.481 e.